The highest BCUT2D eigenvalue weighted by atomic mass is 16.6. The molecular weight excluding hydrogens is 168 g/mol. The second-order valence-electron chi connectivity index (χ2n) is 4.06. The molecule has 0 N–H and O–H groups in total. The number of ether oxygens (including phenoxy) is 1. The van der Waals surface area contributed by atoms with Crippen LogP contribution in [-0.2, 0) is 14.3 Å². The topological polar surface area (TPSA) is 43.4 Å². The van der Waals surface area contributed by atoms with Crippen LogP contribution in [0.25, 0.3) is 0 Å². The summed E-state index contributed by atoms with van der Waals surface area (Å²) >= 11 is 0. The summed E-state index contributed by atoms with van der Waals surface area (Å²) in [6, 6.07) is 0. The maximum Gasteiger partial charge on any atom is 0.317 e. The van der Waals surface area contributed by atoms with Gasteiger partial charge in [-0.25, -0.2) is 0 Å². The Morgan fingerprint density at radius 2 is 1.46 bits per heavy atom. The van der Waals surface area contributed by atoms with Gasteiger partial charge in [-0.2, -0.15) is 0 Å². The zero-order valence-electron chi connectivity index (χ0n) is 7.10. The van der Waals surface area contributed by atoms with Crippen molar-refractivity contribution in [3.8, 4) is 0 Å². The highest BCUT2D eigenvalue weighted by molar-refractivity contribution is 5.98. The van der Waals surface area contributed by atoms with Crippen LogP contribution in [0.2, 0.25) is 0 Å². The van der Waals surface area contributed by atoms with Crippen molar-refractivity contribution in [3.05, 3.63) is 12.2 Å². The standard InChI is InChI=1S/C10H10O3/c11-9-7-5-3-1-2-4-6(5)8(7)10(12)13-9/h1-2,5-8H,3-4H2/t5-,6+,7?,8?. The van der Waals surface area contributed by atoms with Gasteiger partial charge in [-0.3, -0.25) is 9.59 Å². The van der Waals surface area contributed by atoms with E-state index >= 15 is 0 Å². The van der Waals surface area contributed by atoms with Crippen molar-refractivity contribution >= 4 is 11.9 Å². The van der Waals surface area contributed by atoms with E-state index in [4.69, 9.17) is 0 Å². The number of fused-ring (bicyclic) bond motifs is 4. The monoisotopic (exact) mass is 178 g/mol. The lowest BCUT2D eigenvalue weighted by molar-refractivity contribution is -0.153. The third kappa shape index (κ3) is 0.747. The molecule has 0 spiro atoms. The van der Waals surface area contributed by atoms with Crippen LogP contribution in [0.4, 0.5) is 0 Å². The highest BCUT2D eigenvalue weighted by Gasteiger charge is 2.62. The molecule has 3 nitrogen and oxygen atoms in total. The zero-order valence-corrected chi connectivity index (χ0v) is 7.10. The number of carbonyl (C=O) groups excluding carboxylic acids is 2. The molecular formula is C10H10O3. The largest absolute Gasteiger partial charge is 0.393 e. The van der Waals surface area contributed by atoms with E-state index < -0.39 is 0 Å². The van der Waals surface area contributed by atoms with Gasteiger partial charge in [0, 0.05) is 0 Å². The molecule has 3 heteroatoms. The van der Waals surface area contributed by atoms with E-state index in [1.54, 1.807) is 0 Å². The van der Waals surface area contributed by atoms with Crippen molar-refractivity contribution in [2.45, 2.75) is 12.8 Å². The van der Waals surface area contributed by atoms with E-state index in [0.717, 1.165) is 12.8 Å². The van der Waals surface area contributed by atoms with Crippen LogP contribution in [0.5, 0.6) is 0 Å². The summed E-state index contributed by atoms with van der Waals surface area (Å²) in [5, 5.41) is 0. The summed E-state index contributed by atoms with van der Waals surface area (Å²) in [5.74, 6) is -0.0223. The molecule has 1 heterocycles. The van der Waals surface area contributed by atoms with Gasteiger partial charge in [0.05, 0.1) is 11.8 Å². The van der Waals surface area contributed by atoms with Gasteiger partial charge in [-0.1, -0.05) is 12.2 Å². The molecule has 0 aromatic rings. The minimum atomic E-state index is -0.286. The van der Waals surface area contributed by atoms with Gasteiger partial charge in [0.15, 0.2) is 0 Å². The molecule has 0 bridgehead atoms. The fourth-order valence-electron chi connectivity index (χ4n) is 2.95. The number of allylic oxidation sites excluding steroid dienone is 2. The first kappa shape index (κ1) is 7.30. The molecule has 1 saturated carbocycles. The number of hydrogen-bond donors (Lipinski definition) is 0. The summed E-state index contributed by atoms with van der Waals surface area (Å²) in [7, 11) is 0. The Hall–Kier alpha value is -1.12. The van der Waals surface area contributed by atoms with E-state index in [0.29, 0.717) is 11.8 Å². The van der Waals surface area contributed by atoms with Gasteiger partial charge in [-0.05, 0) is 24.7 Å². The third-order valence-corrected chi connectivity index (χ3v) is 3.59. The molecule has 1 saturated heterocycles. The lowest BCUT2D eigenvalue weighted by Gasteiger charge is -2.45. The minimum Gasteiger partial charge on any atom is -0.393 e. The Bertz CT molecular complexity index is 288. The average molecular weight is 178 g/mol. The first-order valence-electron chi connectivity index (χ1n) is 4.69. The number of hydrogen-bond acceptors (Lipinski definition) is 3. The molecule has 2 fully saturated rings. The normalized spacial score (nSPS) is 46.5. The van der Waals surface area contributed by atoms with Gasteiger partial charge in [0.25, 0.3) is 0 Å². The van der Waals surface area contributed by atoms with Gasteiger partial charge in [-0.15, -0.1) is 0 Å². The smallest absolute Gasteiger partial charge is 0.317 e. The van der Waals surface area contributed by atoms with Gasteiger partial charge in [0.1, 0.15) is 0 Å². The number of carbonyl (C=O) groups is 2. The lowest BCUT2D eigenvalue weighted by Crippen LogP contribution is -2.49. The molecule has 13 heavy (non-hydrogen) atoms. The Labute approximate surface area is 75.8 Å². The van der Waals surface area contributed by atoms with E-state index in [1.807, 2.05) is 0 Å². The second-order valence-corrected chi connectivity index (χ2v) is 4.06. The highest BCUT2D eigenvalue weighted by Crippen LogP contribution is 2.55. The predicted octanol–water partition coefficient (Wildman–Crippen LogP) is 0.898. The molecule has 2 unspecified atom stereocenters. The quantitative estimate of drug-likeness (QED) is 0.314. The maximum absolute atomic E-state index is 11.2. The molecule has 1 aliphatic heterocycles. The SMILES string of the molecule is O=C1OC(=O)C2C1[C@H]1CC=CC[C@@H]21. The molecule has 0 radical (unpaired) electrons. The van der Waals surface area contributed by atoms with Crippen molar-refractivity contribution in [3.63, 3.8) is 0 Å². The van der Waals surface area contributed by atoms with Crippen LogP contribution in [0.15, 0.2) is 12.2 Å². The summed E-state index contributed by atoms with van der Waals surface area (Å²) in [6.07, 6.45) is 6.09. The fourth-order valence-corrected chi connectivity index (χ4v) is 2.95. The van der Waals surface area contributed by atoms with E-state index in [9.17, 15) is 9.59 Å². The Balaban J connectivity index is 1.93. The van der Waals surface area contributed by atoms with E-state index in [2.05, 4.69) is 16.9 Å². The average Bonchev–Trinajstić information content (AvgIpc) is 2.30. The maximum atomic E-state index is 11.2. The summed E-state index contributed by atoms with van der Waals surface area (Å²) in [4.78, 5) is 22.5. The minimum absolute atomic E-state index is 0.109. The summed E-state index contributed by atoms with van der Waals surface area (Å²) in [5.41, 5.74) is 0. The van der Waals surface area contributed by atoms with Crippen molar-refractivity contribution in [2.75, 3.05) is 0 Å². The van der Waals surface area contributed by atoms with Crippen molar-refractivity contribution in [2.24, 2.45) is 23.7 Å². The number of esters is 2. The molecule has 3 rings (SSSR count). The van der Waals surface area contributed by atoms with Crippen molar-refractivity contribution in [1.82, 2.24) is 0 Å². The summed E-state index contributed by atoms with van der Waals surface area (Å²) < 4.78 is 4.63. The molecule has 4 atom stereocenters. The first-order valence-corrected chi connectivity index (χ1v) is 4.69. The Morgan fingerprint density at radius 3 is 1.92 bits per heavy atom. The molecule has 0 aromatic carbocycles. The molecule has 2 aliphatic carbocycles. The van der Waals surface area contributed by atoms with Gasteiger partial charge in [0.2, 0.25) is 0 Å². The van der Waals surface area contributed by atoms with Crippen LogP contribution in [0, 0.1) is 23.7 Å². The van der Waals surface area contributed by atoms with Crippen LogP contribution < -0.4 is 0 Å². The molecule has 68 valence electrons. The second kappa shape index (κ2) is 2.22. The van der Waals surface area contributed by atoms with Gasteiger partial charge >= 0.3 is 11.9 Å². The van der Waals surface area contributed by atoms with Crippen LogP contribution in [0.1, 0.15) is 12.8 Å². The molecule has 0 amide bonds. The van der Waals surface area contributed by atoms with Crippen molar-refractivity contribution < 1.29 is 14.3 Å². The van der Waals surface area contributed by atoms with Crippen LogP contribution in [-0.4, -0.2) is 11.9 Å². The first-order chi connectivity index (χ1) is 6.29. The Kier molecular flexibility index (Phi) is 1.25. The fraction of sp³-hybridized carbons (Fsp3) is 0.600. The predicted molar refractivity (Wildman–Crippen MR) is 43.4 cm³/mol. The molecule has 0 aromatic heterocycles. The number of cyclic esters (lactones) is 2. The van der Waals surface area contributed by atoms with Gasteiger partial charge < -0.3 is 4.74 Å². The van der Waals surface area contributed by atoms with Crippen LogP contribution >= 0.6 is 0 Å². The molecule has 3 aliphatic rings. The Morgan fingerprint density at radius 1 is 1.00 bits per heavy atom. The lowest BCUT2D eigenvalue weighted by atomic mass is 9.54. The van der Waals surface area contributed by atoms with Crippen LogP contribution in [0.3, 0.4) is 0 Å². The van der Waals surface area contributed by atoms with Crippen molar-refractivity contribution in [1.29, 1.82) is 0 Å². The zero-order chi connectivity index (χ0) is 9.00. The third-order valence-electron chi connectivity index (χ3n) is 3.59. The summed E-state index contributed by atoms with van der Waals surface area (Å²) in [6.45, 7) is 0. The van der Waals surface area contributed by atoms with E-state index in [1.165, 1.54) is 0 Å². The number of rotatable bonds is 0. The van der Waals surface area contributed by atoms with E-state index in [-0.39, 0.29) is 23.8 Å².